The molecule has 0 spiro atoms. The van der Waals surface area contributed by atoms with E-state index in [2.05, 4.69) is 37.2 Å². The van der Waals surface area contributed by atoms with Crippen LogP contribution >= 0.6 is 31.9 Å². The van der Waals surface area contributed by atoms with Crippen LogP contribution in [0.2, 0.25) is 0 Å². The van der Waals surface area contributed by atoms with Crippen LogP contribution in [-0.2, 0) is 9.53 Å². The Balaban J connectivity index is 2.18. The molecule has 1 amide bonds. The Morgan fingerprint density at radius 3 is 2.30 bits per heavy atom. The molecule has 9 heteroatoms. The summed E-state index contributed by atoms with van der Waals surface area (Å²) >= 11 is 6.69. The molecule has 0 unspecified atom stereocenters. The highest BCUT2D eigenvalue weighted by atomic mass is 79.9. The van der Waals surface area contributed by atoms with Crippen molar-refractivity contribution >= 4 is 55.5 Å². The van der Waals surface area contributed by atoms with Gasteiger partial charge in [0.2, 0.25) is 0 Å². The number of esters is 1. The van der Waals surface area contributed by atoms with Crippen molar-refractivity contribution in [2.75, 3.05) is 18.5 Å². The molecule has 0 aliphatic carbocycles. The summed E-state index contributed by atoms with van der Waals surface area (Å²) < 4.78 is 11.3. The summed E-state index contributed by atoms with van der Waals surface area (Å²) in [6.07, 6.45) is 1.42. The van der Waals surface area contributed by atoms with Crippen LogP contribution < -0.4 is 10.1 Å². The second-order valence-corrected chi connectivity index (χ2v) is 7.39. The molecule has 30 heavy (non-hydrogen) atoms. The summed E-state index contributed by atoms with van der Waals surface area (Å²) in [5.41, 5.74) is 1.24. The average Bonchev–Trinajstić information content (AvgIpc) is 2.72. The van der Waals surface area contributed by atoms with Gasteiger partial charge in [-0.2, -0.15) is 10.5 Å². The zero-order valence-electron chi connectivity index (χ0n) is 15.7. The monoisotopic (exact) mass is 531 g/mol. The van der Waals surface area contributed by atoms with Gasteiger partial charge in [0.15, 0.2) is 6.61 Å². The molecule has 0 radical (unpaired) electrons. The van der Waals surface area contributed by atoms with E-state index in [1.54, 1.807) is 31.2 Å². The third-order valence-corrected chi connectivity index (χ3v) is 4.81. The molecule has 0 atom stereocenters. The lowest BCUT2D eigenvalue weighted by Crippen LogP contribution is -2.13. The van der Waals surface area contributed by atoms with Gasteiger partial charge in [-0.3, -0.25) is 4.79 Å². The highest BCUT2D eigenvalue weighted by Crippen LogP contribution is 2.35. The van der Waals surface area contributed by atoms with Crippen LogP contribution in [0.4, 0.5) is 5.69 Å². The lowest BCUT2D eigenvalue weighted by atomic mass is 10.1. The Hall–Kier alpha value is -3.14. The molecule has 7 nitrogen and oxygen atoms in total. The Morgan fingerprint density at radius 1 is 1.13 bits per heavy atom. The van der Waals surface area contributed by atoms with E-state index in [1.807, 2.05) is 12.1 Å². The smallest absolute Gasteiger partial charge is 0.338 e. The zero-order valence-corrected chi connectivity index (χ0v) is 18.9. The van der Waals surface area contributed by atoms with Crippen molar-refractivity contribution in [3.8, 4) is 17.9 Å². The maximum absolute atomic E-state index is 12.5. The quantitative estimate of drug-likeness (QED) is 0.310. The number of rotatable bonds is 7. The molecular weight excluding hydrogens is 518 g/mol. The molecule has 0 fully saturated rings. The van der Waals surface area contributed by atoms with Crippen LogP contribution in [-0.4, -0.2) is 25.1 Å². The number of anilines is 1. The normalized spacial score (nSPS) is 10.5. The van der Waals surface area contributed by atoms with Crippen molar-refractivity contribution in [1.82, 2.24) is 0 Å². The van der Waals surface area contributed by atoms with E-state index in [0.717, 1.165) is 0 Å². The van der Waals surface area contributed by atoms with Crippen LogP contribution in [0.1, 0.15) is 22.8 Å². The van der Waals surface area contributed by atoms with Gasteiger partial charge in [-0.25, -0.2) is 4.79 Å². The SMILES string of the molecule is CCOC(=O)c1ccc(NC(=O)/C(C#N)=C/c2cc(Br)c(OCC#N)c(Br)c2)cc1. The van der Waals surface area contributed by atoms with Crippen molar-refractivity contribution < 1.29 is 19.1 Å². The largest absolute Gasteiger partial charge is 0.476 e. The number of hydrogen-bond donors (Lipinski definition) is 1. The van der Waals surface area contributed by atoms with Crippen molar-refractivity contribution in [3.05, 3.63) is 62.0 Å². The lowest BCUT2D eigenvalue weighted by Gasteiger charge is -2.09. The Kier molecular flexibility index (Phi) is 8.60. The first-order valence-corrected chi connectivity index (χ1v) is 10.2. The number of carbonyl (C=O) groups is 2. The van der Waals surface area contributed by atoms with Gasteiger partial charge in [0.25, 0.3) is 5.91 Å². The Labute approximate surface area is 190 Å². The van der Waals surface area contributed by atoms with Crippen molar-refractivity contribution in [2.24, 2.45) is 0 Å². The summed E-state index contributed by atoms with van der Waals surface area (Å²) in [5, 5.41) is 20.7. The first kappa shape index (κ1) is 23.1. The number of nitrogens with one attached hydrogen (secondary N) is 1. The van der Waals surface area contributed by atoms with Crippen molar-refractivity contribution in [3.63, 3.8) is 0 Å². The maximum atomic E-state index is 12.5. The van der Waals surface area contributed by atoms with Crippen molar-refractivity contribution in [1.29, 1.82) is 10.5 Å². The molecule has 152 valence electrons. The van der Waals surface area contributed by atoms with E-state index in [-0.39, 0.29) is 18.8 Å². The van der Waals surface area contributed by atoms with Crippen LogP contribution in [0, 0.1) is 22.7 Å². The van der Waals surface area contributed by atoms with Gasteiger partial charge in [0.05, 0.1) is 21.1 Å². The number of nitriles is 2. The number of benzene rings is 2. The first-order chi connectivity index (χ1) is 14.4. The van der Waals surface area contributed by atoms with E-state index in [0.29, 0.717) is 31.5 Å². The fourth-order valence-electron chi connectivity index (χ4n) is 2.32. The molecule has 0 aliphatic heterocycles. The van der Waals surface area contributed by atoms with Gasteiger partial charge in [0.1, 0.15) is 23.5 Å². The minimum absolute atomic E-state index is 0.117. The summed E-state index contributed by atoms with van der Waals surface area (Å²) in [6.45, 7) is 1.87. The summed E-state index contributed by atoms with van der Waals surface area (Å²) in [6, 6.07) is 13.2. The second-order valence-electron chi connectivity index (χ2n) is 5.68. The van der Waals surface area contributed by atoms with Gasteiger partial charge in [-0.15, -0.1) is 0 Å². The predicted molar refractivity (Wildman–Crippen MR) is 118 cm³/mol. The molecule has 0 saturated heterocycles. The Morgan fingerprint density at radius 2 is 1.77 bits per heavy atom. The number of ether oxygens (including phenoxy) is 2. The van der Waals surface area contributed by atoms with Gasteiger partial charge < -0.3 is 14.8 Å². The summed E-state index contributed by atoms with van der Waals surface area (Å²) in [7, 11) is 0. The lowest BCUT2D eigenvalue weighted by molar-refractivity contribution is -0.112. The standard InChI is InChI=1S/C21H15Br2N3O4/c1-2-29-21(28)14-3-5-16(6-4-14)26-20(27)15(12-25)9-13-10-17(22)19(18(23)11-13)30-8-7-24/h3-6,9-11H,2,8H2,1H3,(H,26,27)/b15-9+. The molecule has 0 bridgehead atoms. The molecule has 2 aromatic carbocycles. The fraction of sp³-hybridized carbons (Fsp3) is 0.143. The van der Waals surface area contributed by atoms with E-state index in [1.165, 1.54) is 18.2 Å². The average molecular weight is 533 g/mol. The minimum atomic E-state index is -0.599. The van der Waals surface area contributed by atoms with E-state index in [4.69, 9.17) is 14.7 Å². The number of halogens is 2. The number of nitrogens with zero attached hydrogens (tertiary/aromatic N) is 2. The number of hydrogen-bond acceptors (Lipinski definition) is 6. The van der Waals surface area contributed by atoms with Crippen LogP contribution in [0.5, 0.6) is 5.75 Å². The summed E-state index contributed by atoms with van der Waals surface area (Å²) in [5.74, 6) is -0.608. The van der Waals surface area contributed by atoms with E-state index >= 15 is 0 Å². The van der Waals surface area contributed by atoms with Crippen LogP contribution in [0.15, 0.2) is 50.9 Å². The predicted octanol–water partition coefficient (Wildman–Crippen LogP) is 4.84. The van der Waals surface area contributed by atoms with E-state index < -0.39 is 11.9 Å². The fourth-order valence-corrected chi connectivity index (χ4v) is 3.77. The van der Waals surface area contributed by atoms with Crippen LogP contribution in [0.3, 0.4) is 0 Å². The molecule has 0 heterocycles. The number of amides is 1. The molecule has 2 rings (SSSR count). The van der Waals surface area contributed by atoms with Gasteiger partial charge in [-0.1, -0.05) is 0 Å². The second kappa shape index (κ2) is 11.1. The highest BCUT2D eigenvalue weighted by molar-refractivity contribution is 9.11. The molecule has 0 saturated carbocycles. The highest BCUT2D eigenvalue weighted by Gasteiger charge is 2.13. The molecule has 0 aliphatic rings. The first-order valence-electron chi connectivity index (χ1n) is 8.58. The third kappa shape index (κ3) is 6.18. The van der Waals surface area contributed by atoms with E-state index in [9.17, 15) is 14.9 Å². The maximum Gasteiger partial charge on any atom is 0.338 e. The topological polar surface area (TPSA) is 112 Å². The molecule has 2 aromatic rings. The molecule has 0 aromatic heterocycles. The Bertz CT molecular complexity index is 1040. The van der Waals surface area contributed by atoms with Gasteiger partial charge in [0, 0.05) is 5.69 Å². The minimum Gasteiger partial charge on any atom is -0.476 e. The number of carbonyl (C=O) groups excluding carboxylic acids is 2. The molecular formula is C21H15Br2N3O4. The zero-order chi connectivity index (χ0) is 22.1. The van der Waals surface area contributed by atoms with Crippen LogP contribution in [0.25, 0.3) is 6.08 Å². The third-order valence-electron chi connectivity index (χ3n) is 3.63. The van der Waals surface area contributed by atoms with Gasteiger partial charge >= 0.3 is 5.97 Å². The summed E-state index contributed by atoms with van der Waals surface area (Å²) in [4.78, 5) is 24.1. The van der Waals surface area contributed by atoms with Crippen molar-refractivity contribution in [2.45, 2.75) is 6.92 Å². The molecule has 1 N–H and O–H groups in total. The van der Waals surface area contributed by atoms with Gasteiger partial charge in [-0.05, 0) is 86.8 Å².